The standard InChI is InChI=1S/C34H37NO10S/c1-34(2,3)45-33(40)35(4)20-26(36)41-21-25-27(37)28(43-30(38)22-14-8-5-9-15-22)29(44-31(39)23-16-10-6-11-17-23)32(42-25)46-24-18-12-7-13-19-24/h5-19,25,27-29,32,37H,20-21H2,1-4H3/t25-,27+,28+,29-,32+/m1/s1. The molecule has 12 heteroatoms. The zero-order valence-electron chi connectivity index (χ0n) is 25.9. The third-order valence-corrected chi connectivity index (χ3v) is 7.76. The number of thioether (sulfide) groups is 1. The van der Waals surface area contributed by atoms with E-state index in [-0.39, 0.29) is 11.1 Å². The predicted octanol–water partition coefficient (Wildman–Crippen LogP) is 4.73. The number of likely N-dealkylation sites (N-methyl/N-ethyl adjacent to an activating group) is 1. The van der Waals surface area contributed by atoms with Gasteiger partial charge in [0.15, 0.2) is 12.2 Å². The lowest BCUT2D eigenvalue weighted by molar-refractivity contribution is -0.211. The number of hydrogen-bond acceptors (Lipinski definition) is 11. The van der Waals surface area contributed by atoms with Crippen molar-refractivity contribution in [3.8, 4) is 0 Å². The number of carbonyl (C=O) groups excluding carboxylic acids is 4. The van der Waals surface area contributed by atoms with Gasteiger partial charge in [-0.3, -0.25) is 4.79 Å². The first-order chi connectivity index (χ1) is 21.9. The quantitative estimate of drug-likeness (QED) is 0.241. The molecule has 1 fully saturated rings. The molecule has 1 aliphatic rings. The van der Waals surface area contributed by atoms with Crippen LogP contribution in [0.2, 0.25) is 0 Å². The van der Waals surface area contributed by atoms with Crippen molar-refractivity contribution in [3.05, 3.63) is 102 Å². The molecule has 1 heterocycles. The van der Waals surface area contributed by atoms with Crippen LogP contribution in [0.5, 0.6) is 0 Å². The van der Waals surface area contributed by atoms with E-state index in [9.17, 15) is 24.3 Å². The summed E-state index contributed by atoms with van der Waals surface area (Å²) in [7, 11) is 1.39. The number of rotatable bonds is 10. The van der Waals surface area contributed by atoms with E-state index in [2.05, 4.69) is 0 Å². The van der Waals surface area contributed by atoms with Crippen LogP contribution in [-0.2, 0) is 28.5 Å². The van der Waals surface area contributed by atoms with Crippen LogP contribution in [0.4, 0.5) is 4.79 Å². The van der Waals surface area contributed by atoms with Gasteiger partial charge in [-0.2, -0.15) is 0 Å². The van der Waals surface area contributed by atoms with Crippen LogP contribution >= 0.6 is 11.8 Å². The van der Waals surface area contributed by atoms with Crippen LogP contribution in [0.15, 0.2) is 95.9 Å². The fraction of sp³-hybridized carbons (Fsp3) is 0.353. The number of benzene rings is 3. The fourth-order valence-electron chi connectivity index (χ4n) is 4.37. The number of nitrogens with zero attached hydrogens (tertiary/aromatic N) is 1. The summed E-state index contributed by atoms with van der Waals surface area (Å²) in [4.78, 5) is 53.3. The highest BCUT2D eigenvalue weighted by Gasteiger charge is 2.50. The molecule has 244 valence electrons. The Hall–Kier alpha value is -4.39. The molecule has 1 aliphatic heterocycles. The Balaban J connectivity index is 1.58. The van der Waals surface area contributed by atoms with Crippen molar-refractivity contribution in [2.24, 2.45) is 0 Å². The van der Waals surface area contributed by atoms with Crippen LogP contribution in [0, 0.1) is 0 Å². The molecular formula is C34H37NO10S. The van der Waals surface area contributed by atoms with Crippen LogP contribution in [-0.4, -0.2) is 89.7 Å². The summed E-state index contributed by atoms with van der Waals surface area (Å²) in [5.74, 6) is -2.26. The molecule has 0 bridgehead atoms. The lowest BCUT2D eigenvalue weighted by Crippen LogP contribution is -2.60. The molecule has 11 nitrogen and oxygen atoms in total. The number of amides is 1. The maximum atomic E-state index is 13.2. The van der Waals surface area contributed by atoms with Gasteiger partial charge >= 0.3 is 24.0 Å². The predicted molar refractivity (Wildman–Crippen MR) is 168 cm³/mol. The Morgan fingerprint density at radius 3 is 1.83 bits per heavy atom. The second kappa shape index (κ2) is 15.7. The minimum Gasteiger partial charge on any atom is -0.461 e. The third-order valence-electron chi connectivity index (χ3n) is 6.60. The van der Waals surface area contributed by atoms with Gasteiger partial charge in [0.05, 0.1) is 11.1 Å². The van der Waals surface area contributed by atoms with Crippen LogP contribution < -0.4 is 0 Å². The Labute approximate surface area is 271 Å². The maximum absolute atomic E-state index is 13.2. The largest absolute Gasteiger partial charge is 0.461 e. The second-order valence-corrected chi connectivity index (χ2v) is 12.6. The average Bonchev–Trinajstić information content (AvgIpc) is 3.03. The van der Waals surface area contributed by atoms with Crippen LogP contribution in [0.3, 0.4) is 0 Å². The first kappa shape index (κ1) is 34.5. The van der Waals surface area contributed by atoms with Crippen LogP contribution in [0.1, 0.15) is 41.5 Å². The smallest absolute Gasteiger partial charge is 0.410 e. The summed E-state index contributed by atoms with van der Waals surface area (Å²) in [5, 5.41) is 11.5. The van der Waals surface area contributed by atoms with Crippen molar-refractivity contribution >= 4 is 35.8 Å². The molecule has 1 amide bonds. The van der Waals surface area contributed by atoms with Gasteiger partial charge in [-0.05, 0) is 57.2 Å². The molecule has 46 heavy (non-hydrogen) atoms. The zero-order chi connectivity index (χ0) is 33.3. The summed E-state index contributed by atoms with van der Waals surface area (Å²) >= 11 is 1.18. The van der Waals surface area contributed by atoms with Crippen molar-refractivity contribution in [2.45, 2.75) is 61.1 Å². The molecule has 1 N–H and O–H groups in total. The van der Waals surface area contributed by atoms with Crippen molar-refractivity contribution in [1.29, 1.82) is 0 Å². The Morgan fingerprint density at radius 1 is 0.804 bits per heavy atom. The van der Waals surface area contributed by atoms with E-state index < -0.39 is 72.6 Å². The third kappa shape index (κ3) is 9.80. The average molecular weight is 652 g/mol. The molecule has 0 radical (unpaired) electrons. The lowest BCUT2D eigenvalue weighted by atomic mass is 9.99. The highest BCUT2D eigenvalue weighted by atomic mass is 32.2. The van der Waals surface area contributed by atoms with Gasteiger partial charge in [0.25, 0.3) is 0 Å². The van der Waals surface area contributed by atoms with Gasteiger partial charge in [-0.25, -0.2) is 14.4 Å². The normalized spacial score (nSPS) is 21.0. The molecule has 0 aliphatic carbocycles. The molecule has 0 spiro atoms. The number of carbonyl (C=O) groups is 4. The maximum Gasteiger partial charge on any atom is 0.410 e. The molecule has 4 rings (SSSR count). The first-order valence-corrected chi connectivity index (χ1v) is 15.5. The van der Waals surface area contributed by atoms with E-state index in [4.69, 9.17) is 23.7 Å². The van der Waals surface area contributed by atoms with Crippen LogP contribution in [0.25, 0.3) is 0 Å². The van der Waals surface area contributed by atoms with E-state index in [1.807, 2.05) is 30.3 Å². The number of esters is 3. The summed E-state index contributed by atoms with van der Waals surface area (Å²) < 4.78 is 28.6. The van der Waals surface area contributed by atoms with Crippen molar-refractivity contribution in [1.82, 2.24) is 4.90 Å². The molecule has 5 atom stereocenters. The molecule has 3 aromatic rings. The lowest BCUT2D eigenvalue weighted by Gasteiger charge is -2.43. The van der Waals surface area contributed by atoms with E-state index in [1.54, 1.807) is 81.4 Å². The summed E-state index contributed by atoms with van der Waals surface area (Å²) in [6.07, 6.45) is -6.18. The molecule has 3 aromatic carbocycles. The van der Waals surface area contributed by atoms with E-state index in [1.165, 1.54) is 18.8 Å². The van der Waals surface area contributed by atoms with E-state index in [0.29, 0.717) is 0 Å². The van der Waals surface area contributed by atoms with Crippen molar-refractivity contribution in [3.63, 3.8) is 0 Å². The van der Waals surface area contributed by atoms with Gasteiger partial charge in [-0.1, -0.05) is 66.4 Å². The van der Waals surface area contributed by atoms with Gasteiger partial charge in [0, 0.05) is 11.9 Å². The van der Waals surface area contributed by atoms with Gasteiger partial charge < -0.3 is 33.7 Å². The van der Waals surface area contributed by atoms with E-state index >= 15 is 0 Å². The van der Waals surface area contributed by atoms with Gasteiger partial charge in [0.1, 0.15) is 36.4 Å². The Kier molecular flexibility index (Phi) is 11.8. The van der Waals surface area contributed by atoms with Gasteiger partial charge in [0.2, 0.25) is 0 Å². The van der Waals surface area contributed by atoms with Crippen molar-refractivity contribution < 1.29 is 48.0 Å². The highest BCUT2D eigenvalue weighted by molar-refractivity contribution is 7.99. The number of aliphatic hydroxyl groups is 1. The molecule has 0 saturated carbocycles. The summed E-state index contributed by atoms with van der Waals surface area (Å²) in [6.45, 7) is 4.23. The molecular weight excluding hydrogens is 614 g/mol. The van der Waals surface area contributed by atoms with Gasteiger partial charge in [-0.15, -0.1) is 0 Å². The summed E-state index contributed by atoms with van der Waals surface area (Å²) in [5.41, 5.74) is -1.29. The topological polar surface area (TPSA) is 138 Å². The number of ether oxygens (including phenoxy) is 5. The first-order valence-electron chi connectivity index (χ1n) is 14.6. The fourth-order valence-corrected chi connectivity index (χ4v) is 5.49. The SMILES string of the molecule is CN(CC(=O)OC[C@H]1O[C@@H](Sc2ccccc2)[C@H](OC(=O)c2ccccc2)[C@@H](OC(=O)c2ccccc2)[C@H]1O)C(=O)OC(C)(C)C. The minimum atomic E-state index is -1.58. The van der Waals surface area contributed by atoms with Crippen molar-refractivity contribution in [2.75, 3.05) is 20.2 Å². The molecule has 0 unspecified atom stereocenters. The minimum absolute atomic E-state index is 0.217. The molecule has 0 aromatic heterocycles. The van der Waals surface area contributed by atoms with E-state index in [0.717, 1.165) is 9.80 Å². The number of hydrogen-bond donors (Lipinski definition) is 1. The highest BCUT2D eigenvalue weighted by Crippen LogP contribution is 2.37. The Bertz CT molecular complexity index is 1470. The molecule has 1 saturated heterocycles. The zero-order valence-corrected chi connectivity index (χ0v) is 26.8. The monoisotopic (exact) mass is 651 g/mol. The number of aliphatic hydroxyl groups excluding tert-OH is 1. The summed E-state index contributed by atoms with van der Waals surface area (Å²) in [6, 6.07) is 25.5. The second-order valence-electron chi connectivity index (χ2n) is 11.5. The Morgan fingerprint density at radius 2 is 1.30 bits per heavy atom.